The van der Waals surface area contributed by atoms with Crippen LogP contribution in [-0.4, -0.2) is 49.6 Å². The van der Waals surface area contributed by atoms with Crippen molar-refractivity contribution >= 4 is 11.9 Å². The van der Waals surface area contributed by atoms with Gasteiger partial charge in [0.15, 0.2) is 0 Å². The summed E-state index contributed by atoms with van der Waals surface area (Å²) in [5.74, 6) is 0.0126. The van der Waals surface area contributed by atoms with Crippen molar-refractivity contribution in [1.29, 1.82) is 0 Å². The van der Waals surface area contributed by atoms with Gasteiger partial charge in [-0.25, -0.2) is 0 Å². The second-order valence-electron chi connectivity index (χ2n) is 6.32. The van der Waals surface area contributed by atoms with E-state index < -0.39 is 0 Å². The molecule has 0 aromatic rings. The third-order valence-corrected chi connectivity index (χ3v) is 4.67. The van der Waals surface area contributed by atoms with Crippen LogP contribution in [0.4, 0.5) is 0 Å². The fraction of sp³-hybridized carbons (Fsp3) is 0.875. The minimum absolute atomic E-state index is 0.0230. The molecule has 1 amide bonds. The van der Waals surface area contributed by atoms with Gasteiger partial charge >= 0.3 is 5.97 Å². The number of nitrogens with zero attached hydrogens (tertiary/aromatic N) is 1. The smallest absolute Gasteiger partial charge is 0.309 e. The van der Waals surface area contributed by atoms with Crippen LogP contribution in [0.25, 0.3) is 0 Å². The van der Waals surface area contributed by atoms with E-state index in [-0.39, 0.29) is 17.8 Å². The fourth-order valence-electron chi connectivity index (χ4n) is 3.42. The summed E-state index contributed by atoms with van der Waals surface area (Å²) < 4.78 is 4.82. The maximum Gasteiger partial charge on any atom is 0.309 e. The summed E-state index contributed by atoms with van der Waals surface area (Å²) in [4.78, 5) is 25.8. The van der Waals surface area contributed by atoms with Crippen molar-refractivity contribution in [3.63, 3.8) is 0 Å². The van der Waals surface area contributed by atoms with E-state index in [4.69, 9.17) is 4.74 Å². The first kappa shape index (κ1) is 16.3. The Kier molecular flexibility index (Phi) is 6.49. The molecule has 120 valence electrons. The highest BCUT2D eigenvalue weighted by Gasteiger charge is 2.26. The van der Waals surface area contributed by atoms with Crippen LogP contribution in [0.3, 0.4) is 0 Å². The molecule has 5 nitrogen and oxygen atoms in total. The molecule has 1 atom stereocenters. The maximum absolute atomic E-state index is 12.0. The summed E-state index contributed by atoms with van der Waals surface area (Å²) >= 11 is 0. The van der Waals surface area contributed by atoms with Crippen LogP contribution < -0.4 is 5.32 Å². The highest BCUT2D eigenvalue weighted by molar-refractivity contribution is 5.76. The van der Waals surface area contributed by atoms with E-state index in [0.29, 0.717) is 12.5 Å². The van der Waals surface area contributed by atoms with Gasteiger partial charge in [0.2, 0.25) is 5.91 Å². The number of carbonyl (C=O) groups excluding carboxylic acids is 2. The van der Waals surface area contributed by atoms with E-state index in [2.05, 4.69) is 10.2 Å². The van der Waals surface area contributed by atoms with E-state index in [1.54, 1.807) is 0 Å². The predicted molar refractivity (Wildman–Crippen MR) is 80.8 cm³/mol. The summed E-state index contributed by atoms with van der Waals surface area (Å²) in [6, 6.07) is 0.385. The Morgan fingerprint density at radius 2 is 1.90 bits per heavy atom. The average molecular weight is 296 g/mol. The molecule has 21 heavy (non-hydrogen) atoms. The number of ether oxygens (including phenoxy) is 1. The zero-order chi connectivity index (χ0) is 15.1. The molecule has 2 rings (SSSR count). The molecule has 1 N–H and O–H groups in total. The van der Waals surface area contributed by atoms with Crippen molar-refractivity contribution in [3.05, 3.63) is 0 Å². The number of likely N-dealkylation sites (tertiary alicyclic amines) is 1. The van der Waals surface area contributed by atoms with Gasteiger partial charge in [-0.3, -0.25) is 9.59 Å². The van der Waals surface area contributed by atoms with Crippen molar-refractivity contribution in [2.24, 2.45) is 5.92 Å². The maximum atomic E-state index is 12.0. The van der Waals surface area contributed by atoms with Gasteiger partial charge in [0.05, 0.1) is 13.0 Å². The lowest BCUT2D eigenvalue weighted by Crippen LogP contribution is -2.42. The van der Waals surface area contributed by atoms with Crippen LogP contribution in [-0.2, 0) is 14.3 Å². The van der Waals surface area contributed by atoms with E-state index in [9.17, 15) is 9.59 Å². The molecular formula is C16H28N2O3. The summed E-state index contributed by atoms with van der Waals surface area (Å²) in [6.07, 6.45) is 8.45. The highest BCUT2D eigenvalue weighted by Crippen LogP contribution is 2.19. The number of piperidine rings is 1. The Morgan fingerprint density at radius 1 is 1.14 bits per heavy atom. The molecule has 0 aromatic carbocycles. The van der Waals surface area contributed by atoms with Crippen LogP contribution in [0.15, 0.2) is 0 Å². The predicted octanol–water partition coefficient (Wildman–Crippen LogP) is 1.71. The van der Waals surface area contributed by atoms with Crippen molar-refractivity contribution in [1.82, 2.24) is 10.2 Å². The largest absolute Gasteiger partial charge is 0.469 e. The number of carbonyl (C=O) groups is 2. The van der Waals surface area contributed by atoms with E-state index >= 15 is 0 Å². The molecule has 1 aliphatic heterocycles. The number of hydrogen-bond donors (Lipinski definition) is 1. The molecule has 0 radical (unpaired) electrons. The highest BCUT2D eigenvalue weighted by atomic mass is 16.5. The molecule has 2 aliphatic rings. The summed E-state index contributed by atoms with van der Waals surface area (Å²) in [5.41, 5.74) is 0. The molecule has 1 saturated heterocycles. The van der Waals surface area contributed by atoms with Gasteiger partial charge in [-0.2, -0.15) is 0 Å². The SMILES string of the molecule is COC(=O)[C@H]1CCCN(CCC(=O)NC2CCCCC2)C1. The number of rotatable bonds is 5. The van der Waals surface area contributed by atoms with Gasteiger partial charge in [0, 0.05) is 25.6 Å². The number of amides is 1. The first-order valence-electron chi connectivity index (χ1n) is 8.28. The zero-order valence-corrected chi connectivity index (χ0v) is 13.1. The first-order valence-corrected chi connectivity index (χ1v) is 8.28. The monoisotopic (exact) mass is 296 g/mol. The molecule has 1 aliphatic carbocycles. The van der Waals surface area contributed by atoms with Crippen LogP contribution >= 0.6 is 0 Å². The van der Waals surface area contributed by atoms with Crippen molar-refractivity contribution in [3.8, 4) is 0 Å². The molecular weight excluding hydrogens is 268 g/mol. The third-order valence-electron chi connectivity index (χ3n) is 4.67. The fourth-order valence-corrected chi connectivity index (χ4v) is 3.42. The van der Waals surface area contributed by atoms with Crippen molar-refractivity contribution in [2.45, 2.75) is 57.4 Å². The first-order chi connectivity index (χ1) is 10.2. The minimum atomic E-state index is -0.119. The topological polar surface area (TPSA) is 58.6 Å². The lowest BCUT2D eigenvalue weighted by molar-refractivity contribution is -0.147. The molecule has 0 unspecified atom stereocenters. The van der Waals surface area contributed by atoms with Crippen LogP contribution in [0.1, 0.15) is 51.4 Å². The quantitative estimate of drug-likeness (QED) is 0.785. The third kappa shape index (κ3) is 5.30. The lowest BCUT2D eigenvalue weighted by atomic mass is 9.95. The van der Waals surface area contributed by atoms with Gasteiger partial charge in [0.25, 0.3) is 0 Å². The Morgan fingerprint density at radius 3 is 2.62 bits per heavy atom. The van der Waals surface area contributed by atoms with Gasteiger partial charge < -0.3 is 15.0 Å². The summed E-state index contributed by atoms with van der Waals surface area (Å²) in [5, 5.41) is 3.15. The van der Waals surface area contributed by atoms with Crippen molar-refractivity contribution < 1.29 is 14.3 Å². The summed E-state index contributed by atoms with van der Waals surface area (Å²) in [7, 11) is 1.44. The zero-order valence-electron chi connectivity index (χ0n) is 13.1. The second-order valence-corrected chi connectivity index (χ2v) is 6.32. The Balaban J connectivity index is 1.67. The minimum Gasteiger partial charge on any atom is -0.469 e. The molecule has 0 aromatic heterocycles. The average Bonchev–Trinajstić information content (AvgIpc) is 2.53. The molecule has 5 heteroatoms. The molecule has 0 bridgehead atoms. The van der Waals surface area contributed by atoms with Gasteiger partial charge in [0.1, 0.15) is 0 Å². The number of hydrogen-bond acceptors (Lipinski definition) is 4. The van der Waals surface area contributed by atoms with E-state index in [1.807, 2.05) is 0 Å². The Labute approximate surface area is 127 Å². The Hall–Kier alpha value is -1.10. The molecule has 0 spiro atoms. The van der Waals surface area contributed by atoms with E-state index in [1.165, 1.54) is 26.4 Å². The molecule has 1 heterocycles. The molecule has 1 saturated carbocycles. The van der Waals surface area contributed by atoms with Crippen LogP contribution in [0, 0.1) is 5.92 Å². The number of nitrogens with one attached hydrogen (secondary N) is 1. The van der Waals surface area contributed by atoms with E-state index in [0.717, 1.165) is 45.3 Å². The number of methoxy groups -OCH3 is 1. The van der Waals surface area contributed by atoms with Crippen molar-refractivity contribution in [2.75, 3.05) is 26.7 Å². The standard InChI is InChI=1S/C16H28N2O3/c1-21-16(20)13-6-5-10-18(12-13)11-9-15(19)17-14-7-3-2-4-8-14/h13-14H,2-12H2,1H3,(H,17,19)/t13-/m0/s1. The Bertz CT molecular complexity index is 353. The molecule has 2 fully saturated rings. The lowest BCUT2D eigenvalue weighted by Gasteiger charge is -2.31. The van der Waals surface area contributed by atoms with Gasteiger partial charge in [-0.05, 0) is 32.2 Å². The van der Waals surface area contributed by atoms with Crippen LogP contribution in [0.5, 0.6) is 0 Å². The second kappa shape index (κ2) is 8.37. The van der Waals surface area contributed by atoms with Crippen LogP contribution in [0.2, 0.25) is 0 Å². The van der Waals surface area contributed by atoms with Gasteiger partial charge in [-0.15, -0.1) is 0 Å². The summed E-state index contributed by atoms with van der Waals surface area (Å²) in [6.45, 7) is 2.44. The van der Waals surface area contributed by atoms with Gasteiger partial charge in [-0.1, -0.05) is 19.3 Å². The normalized spacial score (nSPS) is 24.5. The number of esters is 1.